The van der Waals surface area contributed by atoms with E-state index in [1.165, 1.54) is 75.3 Å². The van der Waals surface area contributed by atoms with Crippen LogP contribution in [0, 0.1) is 0 Å². The van der Waals surface area contributed by atoms with Crippen LogP contribution >= 0.6 is 0 Å². The lowest BCUT2D eigenvalue weighted by Gasteiger charge is -2.13. The Hall–Kier alpha value is -3.22. The third-order valence-corrected chi connectivity index (χ3v) is 10.8. The van der Waals surface area contributed by atoms with Gasteiger partial charge in [0.05, 0.1) is 22.8 Å². The summed E-state index contributed by atoms with van der Waals surface area (Å²) in [5.74, 6) is 0. The average molecular weight is 681 g/mol. The minimum Gasteiger partial charge on any atom is -0.384 e. The molecule has 5 heterocycles. The molecule has 0 aliphatic carbocycles. The van der Waals surface area contributed by atoms with Crippen LogP contribution in [0.3, 0.4) is 0 Å². The van der Waals surface area contributed by atoms with Gasteiger partial charge in [-0.05, 0) is 98.9 Å². The number of aliphatic hydroxyl groups is 2. The number of aliphatic hydroxyl groups excluding tert-OH is 2. The van der Waals surface area contributed by atoms with Crippen LogP contribution in [-0.2, 0) is 25.7 Å². The number of nitrogens with zero attached hydrogens (tertiary/aromatic N) is 2. The highest BCUT2D eigenvalue weighted by Gasteiger charge is 2.33. The molecular formula is C44H64N4O2. The van der Waals surface area contributed by atoms with Gasteiger partial charge in [0.15, 0.2) is 0 Å². The van der Waals surface area contributed by atoms with E-state index in [0.29, 0.717) is 11.4 Å². The molecule has 6 nitrogen and oxygen atoms in total. The van der Waals surface area contributed by atoms with Crippen LogP contribution in [0.15, 0.2) is 24.3 Å². The zero-order valence-electron chi connectivity index (χ0n) is 31.5. The molecule has 8 bridgehead atoms. The smallest absolute Gasteiger partial charge is 0.128 e. The van der Waals surface area contributed by atoms with Gasteiger partial charge in [0.1, 0.15) is 12.2 Å². The molecule has 6 heteroatoms. The van der Waals surface area contributed by atoms with Gasteiger partial charge >= 0.3 is 0 Å². The highest BCUT2D eigenvalue weighted by molar-refractivity contribution is 5.80. The maximum absolute atomic E-state index is 11.7. The van der Waals surface area contributed by atoms with E-state index in [4.69, 9.17) is 9.97 Å². The lowest BCUT2D eigenvalue weighted by atomic mass is 9.98. The molecule has 2 aliphatic heterocycles. The number of H-pyrrole nitrogens is 2. The Bertz CT molecular complexity index is 1590. The second-order valence-corrected chi connectivity index (χ2v) is 14.7. The van der Waals surface area contributed by atoms with Gasteiger partial charge < -0.3 is 20.2 Å². The van der Waals surface area contributed by atoms with Crippen molar-refractivity contribution in [2.24, 2.45) is 0 Å². The monoisotopic (exact) mass is 681 g/mol. The normalized spacial score (nSPS) is 15.7. The quantitative estimate of drug-likeness (QED) is 0.0698. The Morgan fingerprint density at radius 3 is 1.10 bits per heavy atom. The number of aromatic nitrogens is 4. The van der Waals surface area contributed by atoms with Crippen molar-refractivity contribution < 1.29 is 10.2 Å². The van der Waals surface area contributed by atoms with Crippen molar-refractivity contribution in [2.45, 2.75) is 168 Å². The molecule has 5 rings (SSSR count). The van der Waals surface area contributed by atoms with Crippen molar-refractivity contribution in [3.05, 3.63) is 69.3 Å². The van der Waals surface area contributed by atoms with Crippen molar-refractivity contribution >= 4 is 34.2 Å². The van der Waals surface area contributed by atoms with Crippen molar-refractivity contribution in [3.63, 3.8) is 0 Å². The van der Waals surface area contributed by atoms with Gasteiger partial charge in [0.2, 0.25) is 0 Å². The molecule has 0 aromatic carbocycles. The Morgan fingerprint density at radius 1 is 0.440 bits per heavy atom. The Balaban J connectivity index is 1.80. The van der Waals surface area contributed by atoms with Crippen LogP contribution in [0.4, 0.5) is 0 Å². The summed E-state index contributed by atoms with van der Waals surface area (Å²) in [6.45, 7) is 8.99. The van der Waals surface area contributed by atoms with Gasteiger partial charge in [-0.3, -0.25) is 4.98 Å². The van der Waals surface area contributed by atoms with Crippen molar-refractivity contribution in [1.82, 2.24) is 19.9 Å². The summed E-state index contributed by atoms with van der Waals surface area (Å²) in [6.07, 6.45) is 24.3. The predicted molar refractivity (Wildman–Crippen MR) is 211 cm³/mol. The minimum absolute atomic E-state index is 0.615. The van der Waals surface area contributed by atoms with Crippen LogP contribution in [-0.4, -0.2) is 30.1 Å². The van der Waals surface area contributed by atoms with Gasteiger partial charge in [-0.1, -0.05) is 105 Å². The number of unbranched alkanes of at least 4 members (excludes halogenated alkanes) is 12. The number of aryl methyl sites for hydroxylation is 4. The summed E-state index contributed by atoms with van der Waals surface area (Å²) in [5.41, 5.74) is 12.0. The molecule has 2 atom stereocenters. The first kappa shape index (κ1) is 38.0. The minimum atomic E-state index is -1.06. The summed E-state index contributed by atoms with van der Waals surface area (Å²) in [6, 6.07) is 8.72. The zero-order chi connectivity index (χ0) is 35.3. The fraction of sp³-hybridized carbons (Fsp3) is 0.591. The van der Waals surface area contributed by atoms with Crippen molar-refractivity contribution in [1.29, 1.82) is 0 Å². The number of hydrogen-bond donors (Lipinski definition) is 4. The first-order valence-electron chi connectivity index (χ1n) is 20.3. The van der Waals surface area contributed by atoms with E-state index in [1.807, 2.05) is 0 Å². The second-order valence-electron chi connectivity index (χ2n) is 14.7. The molecule has 0 fully saturated rings. The summed E-state index contributed by atoms with van der Waals surface area (Å²) in [5, 5.41) is 23.5. The standard InChI is InChI=1S/C44H64N4O2/c1-5-9-13-17-21-31-35-25-26-36(45-35)32(22-18-14-10-6-2)38-28-30-40(47-38)34(24-20-16-12-8-4)42-44(50)43(49)41(48-42)33(23-19-15-11-7-3)39-29-27-37(31)46-39/h25-30,43-44,46-47,49-50H,5-24H2,1-4H3/t43-,44+. The molecule has 0 amide bonds. The van der Waals surface area contributed by atoms with Crippen LogP contribution in [0.1, 0.15) is 188 Å². The SMILES string of the molecule is CCCCCCc1c2nc(c(CCCCCC)c3ccc([nH]3)c(CCCCCC)c3nc(c(CCCCCC)c4ccc1[nH]4)[C@@H](O)[C@H]3O)C=C2. The highest BCUT2D eigenvalue weighted by atomic mass is 16.3. The van der Waals surface area contributed by atoms with E-state index in [-0.39, 0.29) is 0 Å². The second kappa shape index (κ2) is 19.4. The summed E-state index contributed by atoms with van der Waals surface area (Å²) in [7, 11) is 0. The number of hydrogen-bond acceptors (Lipinski definition) is 4. The van der Waals surface area contributed by atoms with Gasteiger partial charge in [0.25, 0.3) is 0 Å². The van der Waals surface area contributed by atoms with Gasteiger partial charge in [-0.25, -0.2) is 4.98 Å². The van der Waals surface area contributed by atoms with Crippen LogP contribution < -0.4 is 0 Å². The maximum Gasteiger partial charge on any atom is 0.128 e. The predicted octanol–water partition coefficient (Wildman–Crippen LogP) is 11.7. The maximum atomic E-state index is 11.7. The van der Waals surface area contributed by atoms with E-state index in [0.717, 1.165) is 109 Å². The molecule has 0 radical (unpaired) electrons. The van der Waals surface area contributed by atoms with Crippen molar-refractivity contribution in [3.8, 4) is 0 Å². The Morgan fingerprint density at radius 2 is 0.760 bits per heavy atom. The Kier molecular flexibility index (Phi) is 14.8. The van der Waals surface area contributed by atoms with Gasteiger partial charge in [0, 0.05) is 33.2 Å². The molecule has 4 N–H and O–H groups in total. The third-order valence-electron chi connectivity index (χ3n) is 10.8. The summed E-state index contributed by atoms with van der Waals surface area (Å²) in [4.78, 5) is 18.2. The molecule has 3 aromatic rings. The summed E-state index contributed by atoms with van der Waals surface area (Å²) >= 11 is 0. The van der Waals surface area contributed by atoms with E-state index in [1.54, 1.807) is 0 Å². The molecule has 0 unspecified atom stereocenters. The van der Waals surface area contributed by atoms with Crippen LogP contribution in [0.5, 0.6) is 0 Å². The van der Waals surface area contributed by atoms with Gasteiger partial charge in [-0.2, -0.15) is 0 Å². The zero-order valence-corrected chi connectivity index (χ0v) is 31.5. The van der Waals surface area contributed by atoms with Crippen LogP contribution in [0.2, 0.25) is 0 Å². The van der Waals surface area contributed by atoms with Crippen molar-refractivity contribution in [2.75, 3.05) is 0 Å². The number of aromatic amines is 2. The first-order chi connectivity index (χ1) is 24.5. The van der Waals surface area contributed by atoms with E-state index < -0.39 is 12.2 Å². The molecule has 0 saturated carbocycles. The highest BCUT2D eigenvalue weighted by Crippen LogP contribution is 2.38. The molecule has 50 heavy (non-hydrogen) atoms. The molecule has 2 aliphatic rings. The molecule has 3 aromatic heterocycles. The number of rotatable bonds is 20. The number of nitrogens with one attached hydrogen (secondary N) is 2. The topological polar surface area (TPSA) is 97.8 Å². The summed E-state index contributed by atoms with van der Waals surface area (Å²) < 4.78 is 0. The number of fused-ring (bicyclic) bond motifs is 8. The third kappa shape index (κ3) is 9.36. The molecular weight excluding hydrogens is 617 g/mol. The van der Waals surface area contributed by atoms with Crippen LogP contribution in [0.25, 0.3) is 34.2 Å². The van der Waals surface area contributed by atoms with E-state index >= 15 is 0 Å². The fourth-order valence-electron chi connectivity index (χ4n) is 7.76. The lowest BCUT2D eigenvalue weighted by Crippen LogP contribution is -2.07. The van der Waals surface area contributed by atoms with Gasteiger partial charge in [-0.15, -0.1) is 0 Å². The lowest BCUT2D eigenvalue weighted by molar-refractivity contribution is 0.0245. The molecule has 272 valence electrons. The Labute approximate surface area is 301 Å². The molecule has 0 spiro atoms. The first-order valence-corrected chi connectivity index (χ1v) is 20.3. The average Bonchev–Trinajstić information content (AvgIpc) is 3.95. The fourth-order valence-corrected chi connectivity index (χ4v) is 7.76. The molecule has 0 saturated heterocycles. The largest absolute Gasteiger partial charge is 0.384 e. The van der Waals surface area contributed by atoms with E-state index in [2.05, 4.69) is 74.1 Å². The van der Waals surface area contributed by atoms with E-state index in [9.17, 15) is 10.2 Å².